The van der Waals surface area contributed by atoms with Crippen LogP contribution in [0.4, 0.5) is 5.82 Å². The molecule has 0 unspecified atom stereocenters. The van der Waals surface area contributed by atoms with Crippen molar-refractivity contribution in [1.82, 2.24) is 4.98 Å². The first-order valence-electron chi connectivity index (χ1n) is 7.56. The first-order valence-corrected chi connectivity index (χ1v) is 7.56. The highest BCUT2D eigenvalue weighted by molar-refractivity contribution is 5.82. The van der Waals surface area contributed by atoms with Crippen LogP contribution in [0.25, 0.3) is 0 Å². The number of aromatic nitrogens is 1. The molecule has 2 aromatic rings. The van der Waals surface area contributed by atoms with Crippen LogP contribution in [0.1, 0.15) is 28.8 Å². The summed E-state index contributed by atoms with van der Waals surface area (Å²) in [5.41, 5.74) is 2.11. The van der Waals surface area contributed by atoms with Crippen molar-refractivity contribution in [3.8, 4) is 0 Å². The molecule has 21 heavy (non-hydrogen) atoms. The van der Waals surface area contributed by atoms with E-state index in [0.29, 0.717) is 5.56 Å². The van der Waals surface area contributed by atoms with Crippen LogP contribution in [0.15, 0.2) is 48.7 Å². The van der Waals surface area contributed by atoms with Crippen molar-refractivity contribution in [2.45, 2.75) is 19.3 Å². The number of carbonyl (C=O) groups excluding carboxylic acids is 1. The molecule has 0 saturated carbocycles. The van der Waals surface area contributed by atoms with Crippen molar-refractivity contribution >= 4 is 12.1 Å². The molecule has 3 rings (SSSR count). The van der Waals surface area contributed by atoms with Crippen molar-refractivity contribution in [1.29, 1.82) is 0 Å². The van der Waals surface area contributed by atoms with Gasteiger partial charge in [0.25, 0.3) is 0 Å². The number of pyridine rings is 1. The smallest absolute Gasteiger partial charge is 0.153 e. The van der Waals surface area contributed by atoms with Crippen molar-refractivity contribution in [3.63, 3.8) is 0 Å². The van der Waals surface area contributed by atoms with Gasteiger partial charge in [0.15, 0.2) is 6.29 Å². The largest absolute Gasteiger partial charge is 0.356 e. The van der Waals surface area contributed by atoms with E-state index in [9.17, 15) is 4.79 Å². The first-order chi connectivity index (χ1) is 10.4. The summed E-state index contributed by atoms with van der Waals surface area (Å²) in [4.78, 5) is 17.7. The zero-order valence-electron chi connectivity index (χ0n) is 12.1. The molecule has 1 fully saturated rings. The molecule has 0 amide bonds. The van der Waals surface area contributed by atoms with Gasteiger partial charge in [-0.05, 0) is 42.9 Å². The fraction of sp³-hybridized carbons (Fsp3) is 0.333. The molecule has 0 N–H and O–H groups in total. The number of carbonyl (C=O) groups is 1. The number of anilines is 1. The van der Waals surface area contributed by atoms with Gasteiger partial charge in [-0.3, -0.25) is 4.79 Å². The highest BCUT2D eigenvalue weighted by Crippen LogP contribution is 2.26. The predicted octanol–water partition coefficient (Wildman–Crippen LogP) is 3.35. The van der Waals surface area contributed by atoms with E-state index in [2.05, 4.69) is 40.2 Å². The molecule has 0 spiro atoms. The lowest BCUT2D eigenvalue weighted by Gasteiger charge is -2.33. The molecular weight excluding hydrogens is 260 g/mol. The lowest BCUT2D eigenvalue weighted by Crippen LogP contribution is -2.35. The molecule has 1 aliphatic rings. The molecular formula is C18H20N2O. The molecule has 1 aromatic carbocycles. The fourth-order valence-electron chi connectivity index (χ4n) is 3.06. The topological polar surface area (TPSA) is 33.2 Å². The van der Waals surface area contributed by atoms with Crippen LogP contribution in [0.2, 0.25) is 0 Å². The second-order valence-electron chi connectivity index (χ2n) is 5.65. The summed E-state index contributed by atoms with van der Waals surface area (Å²) in [5.74, 6) is 1.57. The number of benzene rings is 1. The molecule has 1 aromatic heterocycles. The van der Waals surface area contributed by atoms with Gasteiger partial charge in [-0.2, -0.15) is 0 Å². The van der Waals surface area contributed by atoms with E-state index >= 15 is 0 Å². The number of piperidine rings is 1. The highest BCUT2D eigenvalue weighted by Gasteiger charge is 2.21. The van der Waals surface area contributed by atoms with Gasteiger partial charge in [0.05, 0.1) is 5.56 Å². The quantitative estimate of drug-likeness (QED) is 0.805. The lowest BCUT2D eigenvalue weighted by atomic mass is 9.90. The minimum atomic E-state index is 0.694. The Balaban J connectivity index is 1.61. The average molecular weight is 280 g/mol. The molecule has 108 valence electrons. The maximum absolute atomic E-state index is 11.1. The third kappa shape index (κ3) is 3.30. The van der Waals surface area contributed by atoms with Crippen molar-refractivity contribution in [3.05, 3.63) is 59.8 Å². The zero-order chi connectivity index (χ0) is 14.5. The second kappa shape index (κ2) is 6.53. The molecule has 3 heteroatoms. The van der Waals surface area contributed by atoms with E-state index in [1.54, 1.807) is 6.20 Å². The van der Waals surface area contributed by atoms with Crippen LogP contribution >= 0.6 is 0 Å². The van der Waals surface area contributed by atoms with Gasteiger partial charge in [-0.1, -0.05) is 30.3 Å². The van der Waals surface area contributed by atoms with Crippen LogP contribution in [0.3, 0.4) is 0 Å². The summed E-state index contributed by atoms with van der Waals surface area (Å²) < 4.78 is 0. The molecule has 2 heterocycles. The Kier molecular flexibility index (Phi) is 4.29. The van der Waals surface area contributed by atoms with Gasteiger partial charge in [-0.25, -0.2) is 4.98 Å². The summed E-state index contributed by atoms with van der Waals surface area (Å²) in [6.07, 6.45) is 6.13. The molecule has 1 saturated heterocycles. The number of nitrogens with zero attached hydrogens (tertiary/aromatic N) is 2. The van der Waals surface area contributed by atoms with Crippen LogP contribution in [0, 0.1) is 5.92 Å². The molecule has 0 bridgehead atoms. The van der Waals surface area contributed by atoms with Gasteiger partial charge in [-0.15, -0.1) is 0 Å². The van der Waals surface area contributed by atoms with Crippen LogP contribution in [-0.2, 0) is 6.42 Å². The van der Waals surface area contributed by atoms with Gasteiger partial charge < -0.3 is 4.90 Å². The Morgan fingerprint density at radius 3 is 2.57 bits per heavy atom. The van der Waals surface area contributed by atoms with Crippen LogP contribution in [-0.4, -0.2) is 24.4 Å². The van der Waals surface area contributed by atoms with E-state index in [0.717, 1.165) is 50.4 Å². The Morgan fingerprint density at radius 1 is 1.10 bits per heavy atom. The number of hydrogen-bond acceptors (Lipinski definition) is 3. The number of aldehydes is 1. The maximum Gasteiger partial charge on any atom is 0.153 e. The van der Waals surface area contributed by atoms with E-state index in [-0.39, 0.29) is 0 Å². The molecule has 0 radical (unpaired) electrons. The number of hydrogen-bond donors (Lipinski definition) is 0. The van der Waals surface area contributed by atoms with Gasteiger partial charge in [0.1, 0.15) is 5.82 Å². The number of rotatable bonds is 4. The molecule has 3 nitrogen and oxygen atoms in total. The predicted molar refractivity (Wildman–Crippen MR) is 84.7 cm³/mol. The Labute approximate surface area is 125 Å². The summed E-state index contributed by atoms with van der Waals surface area (Å²) in [6, 6.07) is 14.3. The minimum absolute atomic E-state index is 0.694. The second-order valence-corrected chi connectivity index (χ2v) is 5.65. The lowest BCUT2D eigenvalue weighted by molar-refractivity contribution is 0.112. The summed E-state index contributed by atoms with van der Waals surface area (Å²) in [5, 5.41) is 0. The maximum atomic E-state index is 11.1. The first kappa shape index (κ1) is 13.8. The minimum Gasteiger partial charge on any atom is -0.356 e. The third-order valence-electron chi connectivity index (χ3n) is 4.23. The van der Waals surface area contributed by atoms with Crippen molar-refractivity contribution in [2.24, 2.45) is 5.92 Å². The van der Waals surface area contributed by atoms with Crippen molar-refractivity contribution < 1.29 is 4.79 Å². The summed E-state index contributed by atoms with van der Waals surface area (Å²) in [6.45, 7) is 1.96. The Hall–Kier alpha value is -2.16. The van der Waals surface area contributed by atoms with Crippen LogP contribution < -0.4 is 4.90 Å². The summed E-state index contributed by atoms with van der Waals surface area (Å²) >= 11 is 0. The molecule has 0 atom stereocenters. The average Bonchev–Trinajstić information content (AvgIpc) is 2.56. The third-order valence-corrected chi connectivity index (χ3v) is 4.23. The van der Waals surface area contributed by atoms with Gasteiger partial charge >= 0.3 is 0 Å². The molecule has 0 aliphatic carbocycles. The van der Waals surface area contributed by atoms with Gasteiger partial charge in [0, 0.05) is 19.3 Å². The monoisotopic (exact) mass is 280 g/mol. The SMILES string of the molecule is O=Cc1cccnc1N1CCC(Cc2ccccc2)CC1. The van der Waals surface area contributed by atoms with E-state index < -0.39 is 0 Å². The highest BCUT2D eigenvalue weighted by atomic mass is 16.1. The normalized spacial score (nSPS) is 15.9. The Morgan fingerprint density at radius 2 is 1.86 bits per heavy atom. The van der Waals surface area contributed by atoms with Crippen molar-refractivity contribution in [2.75, 3.05) is 18.0 Å². The van der Waals surface area contributed by atoms with E-state index in [1.165, 1.54) is 5.56 Å². The summed E-state index contributed by atoms with van der Waals surface area (Å²) in [7, 11) is 0. The molecule has 1 aliphatic heterocycles. The fourth-order valence-corrected chi connectivity index (χ4v) is 3.06. The standard InChI is InChI=1S/C18H20N2O/c21-14-17-7-4-10-19-18(17)20-11-8-16(9-12-20)13-15-5-2-1-3-6-15/h1-7,10,14,16H,8-9,11-13H2. The zero-order valence-corrected chi connectivity index (χ0v) is 12.1. The van der Waals surface area contributed by atoms with E-state index in [1.807, 2.05) is 12.1 Å². The van der Waals surface area contributed by atoms with Crippen LogP contribution in [0.5, 0.6) is 0 Å². The van der Waals surface area contributed by atoms with E-state index in [4.69, 9.17) is 0 Å². The van der Waals surface area contributed by atoms with Gasteiger partial charge in [0.2, 0.25) is 0 Å². The Bertz CT molecular complexity index is 589.